The summed E-state index contributed by atoms with van der Waals surface area (Å²) in [5.74, 6) is 2.37. The molecule has 2 bridgehead atoms. The van der Waals surface area contributed by atoms with Gasteiger partial charge in [0.15, 0.2) is 11.5 Å². The predicted molar refractivity (Wildman–Crippen MR) is 167 cm³/mol. The molecule has 3 fully saturated rings. The first kappa shape index (κ1) is 27.6. The predicted octanol–water partition coefficient (Wildman–Crippen LogP) is 5.00. The van der Waals surface area contributed by atoms with Crippen molar-refractivity contribution in [1.29, 1.82) is 0 Å². The van der Waals surface area contributed by atoms with Gasteiger partial charge in [0.2, 0.25) is 0 Å². The van der Waals surface area contributed by atoms with Crippen LogP contribution in [0.2, 0.25) is 0 Å². The van der Waals surface area contributed by atoms with Crippen molar-refractivity contribution in [3.63, 3.8) is 0 Å². The lowest BCUT2D eigenvalue weighted by Crippen LogP contribution is -2.46. The highest BCUT2D eigenvalue weighted by Crippen LogP contribution is 2.37. The highest BCUT2D eigenvalue weighted by molar-refractivity contribution is 6.00. The van der Waals surface area contributed by atoms with E-state index in [0.29, 0.717) is 35.9 Å². The van der Waals surface area contributed by atoms with E-state index >= 15 is 0 Å². The number of urea groups is 1. The van der Waals surface area contributed by atoms with Crippen LogP contribution in [-0.2, 0) is 11.3 Å². The monoisotopic (exact) mass is 582 g/mol. The Hall–Kier alpha value is -4.22. The fraction of sp³-hybridized carbons (Fsp3) is 0.438. The van der Waals surface area contributed by atoms with Crippen LogP contribution in [0.3, 0.4) is 0 Å². The van der Waals surface area contributed by atoms with E-state index < -0.39 is 0 Å². The van der Waals surface area contributed by atoms with E-state index in [1.807, 2.05) is 59.4 Å². The molecule has 11 heteroatoms. The Labute approximate surface area is 251 Å². The number of ether oxygens (including phenoxy) is 2. The number of amides is 2. The van der Waals surface area contributed by atoms with E-state index in [0.717, 1.165) is 80.4 Å². The zero-order valence-corrected chi connectivity index (χ0v) is 24.5. The van der Waals surface area contributed by atoms with Gasteiger partial charge in [-0.2, -0.15) is 5.10 Å². The molecular weight excluding hydrogens is 544 g/mol. The first-order valence-electron chi connectivity index (χ1n) is 15.4. The number of hydrogen-bond acceptors (Lipinski definition) is 8. The molecule has 0 spiro atoms. The number of aryl methyl sites for hydroxylation is 1. The molecule has 2 amide bonds. The number of carbonyl (C=O) groups is 1. The van der Waals surface area contributed by atoms with Gasteiger partial charge in [-0.3, -0.25) is 4.90 Å². The molecule has 2 atom stereocenters. The lowest BCUT2D eigenvalue weighted by molar-refractivity contribution is 0.0904. The van der Waals surface area contributed by atoms with Crippen LogP contribution in [0, 0.1) is 0 Å². The van der Waals surface area contributed by atoms with Crippen LogP contribution < -0.4 is 20.3 Å². The molecule has 2 aromatic heterocycles. The SMILES string of the molecule is CCn1ncc2c(N3C4CCC3COC4)nc(-c3ccc(NC(=O)Nc4ccc(OCCN5CCCC5)cc4)cc3)nc21. The smallest absolute Gasteiger partial charge is 0.323 e. The third-order valence-corrected chi connectivity index (χ3v) is 8.65. The minimum atomic E-state index is -0.315. The zero-order chi connectivity index (χ0) is 29.2. The van der Waals surface area contributed by atoms with Crippen molar-refractivity contribution < 1.29 is 14.3 Å². The summed E-state index contributed by atoms with van der Waals surface area (Å²) < 4.78 is 13.6. The number of benzene rings is 2. The molecule has 2 unspecified atom stereocenters. The maximum Gasteiger partial charge on any atom is 0.323 e. The molecule has 2 N–H and O–H groups in total. The van der Waals surface area contributed by atoms with E-state index in [2.05, 4.69) is 32.5 Å². The number of morpholine rings is 1. The van der Waals surface area contributed by atoms with Crippen LogP contribution in [0.5, 0.6) is 5.75 Å². The van der Waals surface area contributed by atoms with Gasteiger partial charge in [-0.15, -0.1) is 0 Å². The summed E-state index contributed by atoms with van der Waals surface area (Å²) in [5.41, 5.74) is 3.07. The molecule has 4 aromatic rings. The van der Waals surface area contributed by atoms with E-state index in [4.69, 9.17) is 19.4 Å². The third-order valence-electron chi connectivity index (χ3n) is 8.65. The molecule has 11 nitrogen and oxygen atoms in total. The Bertz CT molecular complexity index is 1550. The van der Waals surface area contributed by atoms with Gasteiger partial charge < -0.3 is 25.0 Å². The number of fused-ring (bicyclic) bond motifs is 3. The Morgan fingerprint density at radius 2 is 1.63 bits per heavy atom. The van der Waals surface area contributed by atoms with Gasteiger partial charge in [0.05, 0.1) is 36.9 Å². The molecule has 3 aliphatic heterocycles. The molecule has 0 radical (unpaired) electrons. The summed E-state index contributed by atoms with van der Waals surface area (Å²) in [6.07, 6.45) is 6.65. The molecule has 3 aliphatic rings. The number of nitrogens with one attached hydrogen (secondary N) is 2. The van der Waals surface area contributed by atoms with Crippen LogP contribution in [0.15, 0.2) is 54.7 Å². The van der Waals surface area contributed by atoms with Crippen molar-refractivity contribution in [3.8, 4) is 17.1 Å². The molecule has 43 heavy (non-hydrogen) atoms. The number of anilines is 3. The summed E-state index contributed by atoms with van der Waals surface area (Å²) >= 11 is 0. The number of hydrogen-bond donors (Lipinski definition) is 2. The fourth-order valence-electron chi connectivity index (χ4n) is 6.40. The zero-order valence-electron chi connectivity index (χ0n) is 24.5. The van der Waals surface area contributed by atoms with Crippen molar-refractivity contribution in [3.05, 3.63) is 54.7 Å². The van der Waals surface area contributed by atoms with Gasteiger partial charge in [-0.05, 0) is 94.2 Å². The van der Waals surface area contributed by atoms with Crippen LogP contribution in [0.25, 0.3) is 22.4 Å². The second kappa shape index (κ2) is 12.2. The summed E-state index contributed by atoms with van der Waals surface area (Å²) in [6.45, 7) is 8.17. The van der Waals surface area contributed by atoms with Crippen molar-refractivity contribution in [1.82, 2.24) is 24.6 Å². The van der Waals surface area contributed by atoms with Crippen molar-refractivity contribution >= 4 is 34.3 Å². The molecule has 0 saturated carbocycles. The van der Waals surface area contributed by atoms with Gasteiger partial charge in [-0.1, -0.05) is 0 Å². The molecule has 224 valence electrons. The molecule has 3 saturated heterocycles. The highest BCUT2D eigenvalue weighted by Gasteiger charge is 2.39. The maximum atomic E-state index is 12.7. The summed E-state index contributed by atoms with van der Waals surface area (Å²) in [6, 6.07) is 15.4. The summed E-state index contributed by atoms with van der Waals surface area (Å²) in [5, 5.41) is 11.4. The van der Waals surface area contributed by atoms with Crippen molar-refractivity contribution in [2.24, 2.45) is 0 Å². The fourth-order valence-corrected chi connectivity index (χ4v) is 6.40. The Morgan fingerprint density at radius 3 is 2.30 bits per heavy atom. The number of aromatic nitrogens is 4. The van der Waals surface area contributed by atoms with Crippen molar-refractivity contribution in [2.45, 2.75) is 51.2 Å². The molecule has 5 heterocycles. The number of nitrogens with zero attached hydrogens (tertiary/aromatic N) is 6. The van der Waals surface area contributed by atoms with Crippen LogP contribution in [0.4, 0.5) is 22.0 Å². The number of rotatable bonds is 9. The second-order valence-corrected chi connectivity index (χ2v) is 11.5. The maximum absolute atomic E-state index is 12.7. The third kappa shape index (κ3) is 5.87. The van der Waals surface area contributed by atoms with Crippen molar-refractivity contribution in [2.75, 3.05) is 55.0 Å². The second-order valence-electron chi connectivity index (χ2n) is 11.5. The van der Waals surface area contributed by atoms with E-state index in [1.165, 1.54) is 12.8 Å². The quantitative estimate of drug-likeness (QED) is 0.284. The van der Waals surface area contributed by atoms with Gasteiger partial charge in [0.25, 0.3) is 0 Å². The normalized spacial score (nSPS) is 20.1. The lowest BCUT2D eigenvalue weighted by atomic mass is 10.1. The minimum Gasteiger partial charge on any atom is -0.492 e. The average molecular weight is 583 g/mol. The standard InChI is InChI=1S/C32H38N8O3/c1-2-39-30-28(19-33-39)31(40-25-11-12-26(40)21-42-20-25)37-29(36-30)22-5-7-23(8-6-22)34-32(41)35-24-9-13-27(14-10-24)43-18-17-38-15-3-4-16-38/h5-10,13-14,19,25-26H,2-4,11-12,15-18,20-21H2,1H3,(H2,34,35,41). The topological polar surface area (TPSA) is 110 Å². The van der Waals surface area contributed by atoms with Gasteiger partial charge in [-0.25, -0.2) is 19.4 Å². The van der Waals surface area contributed by atoms with E-state index in [-0.39, 0.29) is 6.03 Å². The van der Waals surface area contributed by atoms with Gasteiger partial charge >= 0.3 is 6.03 Å². The summed E-state index contributed by atoms with van der Waals surface area (Å²) in [7, 11) is 0. The molecule has 0 aliphatic carbocycles. The number of carbonyl (C=O) groups excluding carboxylic acids is 1. The minimum absolute atomic E-state index is 0.315. The van der Waals surface area contributed by atoms with Crippen LogP contribution >= 0.6 is 0 Å². The molecule has 7 rings (SSSR count). The Kier molecular flexibility index (Phi) is 7.82. The molecular formula is C32H38N8O3. The average Bonchev–Trinajstić information content (AvgIpc) is 3.76. The largest absolute Gasteiger partial charge is 0.492 e. The Morgan fingerprint density at radius 1 is 0.953 bits per heavy atom. The number of likely N-dealkylation sites (tertiary alicyclic amines) is 1. The van der Waals surface area contributed by atoms with Gasteiger partial charge in [0, 0.05) is 30.0 Å². The van der Waals surface area contributed by atoms with Crippen LogP contribution in [-0.4, -0.2) is 82.2 Å². The van der Waals surface area contributed by atoms with E-state index in [9.17, 15) is 4.79 Å². The lowest BCUT2D eigenvalue weighted by Gasteiger charge is -2.36. The van der Waals surface area contributed by atoms with Crippen LogP contribution in [0.1, 0.15) is 32.6 Å². The molecule has 2 aromatic carbocycles. The summed E-state index contributed by atoms with van der Waals surface area (Å²) in [4.78, 5) is 27.5. The first-order valence-corrected chi connectivity index (χ1v) is 15.4. The van der Waals surface area contributed by atoms with E-state index in [1.54, 1.807) is 0 Å². The first-order chi connectivity index (χ1) is 21.1. The Balaban J connectivity index is 1.01. The highest BCUT2D eigenvalue weighted by atomic mass is 16.5. The van der Waals surface area contributed by atoms with Gasteiger partial charge in [0.1, 0.15) is 18.2 Å².